The first-order valence-electron chi connectivity index (χ1n) is 8.68. The van der Waals surface area contributed by atoms with Gasteiger partial charge in [0.05, 0.1) is 19.8 Å². The maximum Gasteiger partial charge on any atom is 0.339 e. The number of aryl methyl sites for hydroxylation is 1. The molecule has 10 heteroatoms. The summed E-state index contributed by atoms with van der Waals surface area (Å²) in [6.45, 7) is 1.45. The number of hydrogen-bond acceptors (Lipinski definition) is 9. The van der Waals surface area contributed by atoms with E-state index in [4.69, 9.17) is 19.9 Å². The average Bonchev–Trinajstić information content (AvgIpc) is 3.22. The van der Waals surface area contributed by atoms with Crippen LogP contribution in [0.3, 0.4) is 0 Å². The summed E-state index contributed by atoms with van der Waals surface area (Å²) in [6.07, 6.45) is 0. The number of ether oxygens (including phenoxy) is 3. The van der Waals surface area contributed by atoms with Gasteiger partial charge in [0, 0.05) is 16.9 Å². The monoisotopic (exact) mass is 398 g/mol. The van der Waals surface area contributed by atoms with Crippen LogP contribution in [0.5, 0.6) is 5.88 Å². The van der Waals surface area contributed by atoms with E-state index in [0.29, 0.717) is 22.5 Å². The fourth-order valence-corrected chi connectivity index (χ4v) is 4.00. The summed E-state index contributed by atoms with van der Waals surface area (Å²) in [5.74, 6) is -2.15. The minimum absolute atomic E-state index is 0.0675. The van der Waals surface area contributed by atoms with Crippen molar-refractivity contribution in [3.05, 3.63) is 52.5 Å². The predicted octanol–water partition coefficient (Wildman–Crippen LogP) is 0.260. The van der Waals surface area contributed by atoms with E-state index in [-0.39, 0.29) is 23.8 Å². The largest absolute Gasteiger partial charge is 0.468 e. The molecule has 0 unspecified atom stereocenters. The molecular weight excluding hydrogens is 380 g/mol. The van der Waals surface area contributed by atoms with Crippen molar-refractivity contribution in [3.63, 3.8) is 0 Å². The molecule has 1 aromatic heterocycles. The Hall–Kier alpha value is -3.82. The summed E-state index contributed by atoms with van der Waals surface area (Å²) < 4.78 is 15.1. The zero-order valence-corrected chi connectivity index (χ0v) is 15.9. The number of rotatable bonds is 3. The number of nitrogens with one attached hydrogen (secondary N) is 1. The first-order chi connectivity index (χ1) is 13.9. The molecule has 0 fully saturated rings. The van der Waals surface area contributed by atoms with Crippen LogP contribution < -0.4 is 15.4 Å². The van der Waals surface area contributed by atoms with Crippen molar-refractivity contribution >= 4 is 23.6 Å². The molecule has 2 aliphatic heterocycles. The van der Waals surface area contributed by atoms with Crippen LogP contribution in [0.25, 0.3) is 0 Å². The van der Waals surface area contributed by atoms with Crippen molar-refractivity contribution in [3.8, 4) is 5.88 Å². The second kappa shape index (κ2) is 6.36. The van der Waals surface area contributed by atoms with Crippen molar-refractivity contribution < 1.29 is 28.6 Å². The zero-order chi connectivity index (χ0) is 20.9. The number of H-pyrrole nitrogens is 1. The number of anilines is 1. The number of esters is 3. The molecule has 1 atom stereocenters. The van der Waals surface area contributed by atoms with Gasteiger partial charge in [-0.25, -0.2) is 9.59 Å². The van der Waals surface area contributed by atoms with Crippen LogP contribution in [-0.4, -0.2) is 48.9 Å². The highest BCUT2D eigenvalue weighted by Gasteiger charge is 2.62. The lowest BCUT2D eigenvalue weighted by Crippen LogP contribution is -2.50. The van der Waals surface area contributed by atoms with Crippen LogP contribution in [0, 0.1) is 6.92 Å². The molecule has 0 aliphatic carbocycles. The van der Waals surface area contributed by atoms with Crippen LogP contribution in [0.1, 0.15) is 16.8 Å². The van der Waals surface area contributed by atoms with E-state index >= 15 is 0 Å². The van der Waals surface area contributed by atoms with Crippen molar-refractivity contribution in [1.82, 2.24) is 10.2 Å². The van der Waals surface area contributed by atoms with Gasteiger partial charge in [0.1, 0.15) is 17.9 Å². The molecule has 2 aromatic rings. The Labute approximate surface area is 165 Å². The summed E-state index contributed by atoms with van der Waals surface area (Å²) in [5.41, 5.74) is 6.36. The smallest absolute Gasteiger partial charge is 0.339 e. The number of methoxy groups -OCH3 is 2. The van der Waals surface area contributed by atoms with Crippen LogP contribution in [0.15, 0.2) is 35.7 Å². The van der Waals surface area contributed by atoms with E-state index in [0.717, 1.165) is 0 Å². The van der Waals surface area contributed by atoms with E-state index in [2.05, 4.69) is 10.2 Å². The lowest BCUT2D eigenvalue weighted by molar-refractivity contribution is -0.142. The van der Waals surface area contributed by atoms with Crippen LogP contribution in [0.4, 0.5) is 5.69 Å². The maximum absolute atomic E-state index is 13.3. The Bertz CT molecular complexity index is 1090. The molecule has 150 valence electrons. The van der Waals surface area contributed by atoms with Gasteiger partial charge in [-0.2, -0.15) is 0 Å². The van der Waals surface area contributed by atoms with Gasteiger partial charge in [-0.1, -0.05) is 18.2 Å². The summed E-state index contributed by atoms with van der Waals surface area (Å²) in [6, 6.07) is 6.82. The van der Waals surface area contributed by atoms with Crippen molar-refractivity contribution in [2.45, 2.75) is 12.3 Å². The number of para-hydroxylation sites is 1. The normalized spacial score (nSPS) is 19.7. The van der Waals surface area contributed by atoms with Crippen LogP contribution in [-0.2, 0) is 29.3 Å². The lowest BCUT2D eigenvalue weighted by Gasteiger charge is -2.40. The van der Waals surface area contributed by atoms with Crippen molar-refractivity contribution in [1.29, 1.82) is 0 Å². The third kappa shape index (κ3) is 2.28. The van der Waals surface area contributed by atoms with Gasteiger partial charge < -0.3 is 24.8 Å². The Kier molecular flexibility index (Phi) is 4.07. The highest BCUT2D eigenvalue weighted by Crippen LogP contribution is 2.55. The van der Waals surface area contributed by atoms with Gasteiger partial charge in [0.15, 0.2) is 5.41 Å². The number of hydrogen-bond donors (Lipinski definition) is 2. The lowest BCUT2D eigenvalue weighted by atomic mass is 9.67. The van der Waals surface area contributed by atoms with Crippen molar-refractivity contribution in [2.24, 2.45) is 5.73 Å². The first kappa shape index (κ1) is 18.5. The van der Waals surface area contributed by atoms with Gasteiger partial charge in [-0.05, 0) is 13.0 Å². The Morgan fingerprint density at radius 2 is 2.00 bits per heavy atom. The number of nitrogens with zero attached hydrogens (tertiary/aromatic N) is 2. The Morgan fingerprint density at radius 1 is 1.28 bits per heavy atom. The summed E-state index contributed by atoms with van der Waals surface area (Å²) in [4.78, 5) is 39.6. The molecule has 29 heavy (non-hydrogen) atoms. The third-order valence-corrected chi connectivity index (χ3v) is 5.21. The maximum atomic E-state index is 13.3. The summed E-state index contributed by atoms with van der Waals surface area (Å²) >= 11 is 0. The Morgan fingerprint density at radius 3 is 2.69 bits per heavy atom. The standard InChI is InChI=1S/C19H18N4O6/c1-9-13-16(22-21-9)29-18(26)19(13)10-6-4-5-7-11(10)23(8-12(24)27-2)15(20)14(19)17(25)28-3/h4-7H,8,20H2,1-3H3,(H,21,22)/t19-/m1/s1. The van der Waals surface area contributed by atoms with Crippen molar-refractivity contribution in [2.75, 3.05) is 25.7 Å². The van der Waals surface area contributed by atoms with Gasteiger partial charge in [-0.15, -0.1) is 5.10 Å². The second-order valence-corrected chi connectivity index (χ2v) is 6.60. The molecule has 1 spiro atoms. The molecule has 2 aliphatic rings. The number of nitrogens with two attached hydrogens (primary N) is 1. The number of carbonyl (C=O) groups is 3. The number of fused-ring (bicyclic) bond motifs is 4. The van der Waals surface area contributed by atoms with Gasteiger partial charge >= 0.3 is 17.9 Å². The molecule has 10 nitrogen and oxygen atoms in total. The highest BCUT2D eigenvalue weighted by atomic mass is 16.6. The molecule has 1 aromatic carbocycles. The summed E-state index contributed by atoms with van der Waals surface area (Å²) in [5, 5.41) is 6.80. The zero-order valence-electron chi connectivity index (χ0n) is 15.9. The predicted molar refractivity (Wildman–Crippen MR) is 98.8 cm³/mol. The highest BCUT2D eigenvalue weighted by molar-refractivity contribution is 6.11. The van der Waals surface area contributed by atoms with Crippen LogP contribution in [0.2, 0.25) is 0 Å². The molecule has 0 saturated heterocycles. The molecule has 3 heterocycles. The van der Waals surface area contributed by atoms with Gasteiger partial charge in [0.25, 0.3) is 0 Å². The third-order valence-electron chi connectivity index (χ3n) is 5.21. The molecule has 3 N–H and O–H groups in total. The molecule has 0 radical (unpaired) electrons. The van der Waals surface area contributed by atoms with E-state index < -0.39 is 23.3 Å². The number of aromatic nitrogens is 2. The topological polar surface area (TPSA) is 137 Å². The van der Waals surface area contributed by atoms with E-state index in [1.807, 2.05) is 0 Å². The minimum atomic E-state index is -1.67. The fraction of sp³-hybridized carbons (Fsp3) is 0.263. The molecule has 0 bridgehead atoms. The quantitative estimate of drug-likeness (QED) is 0.697. The molecule has 0 saturated carbocycles. The summed E-state index contributed by atoms with van der Waals surface area (Å²) in [7, 11) is 2.43. The van der Waals surface area contributed by atoms with Crippen LogP contribution >= 0.6 is 0 Å². The molecule has 0 amide bonds. The van der Waals surface area contributed by atoms with Gasteiger partial charge in [-0.3, -0.25) is 9.89 Å². The first-order valence-corrected chi connectivity index (χ1v) is 8.68. The average molecular weight is 398 g/mol. The number of aromatic amines is 1. The van der Waals surface area contributed by atoms with Gasteiger partial charge in [0.2, 0.25) is 5.88 Å². The SMILES string of the molecule is COC(=O)CN1C(N)=C(C(=O)OC)[C@@]2(C(=O)Oc3n[nH]c(C)c32)c2ccccc21. The molecule has 4 rings (SSSR count). The Balaban J connectivity index is 2.11. The van der Waals surface area contributed by atoms with E-state index in [9.17, 15) is 14.4 Å². The second-order valence-electron chi connectivity index (χ2n) is 6.60. The minimum Gasteiger partial charge on any atom is -0.468 e. The fourth-order valence-electron chi connectivity index (χ4n) is 4.00. The number of carbonyl (C=O) groups excluding carboxylic acids is 3. The molecular formula is C19H18N4O6. The van der Waals surface area contributed by atoms with E-state index in [1.54, 1.807) is 31.2 Å². The van der Waals surface area contributed by atoms with E-state index in [1.165, 1.54) is 19.1 Å². The number of benzene rings is 1.